The predicted octanol–water partition coefficient (Wildman–Crippen LogP) is 5.43. The fraction of sp³-hybridized carbons (Fsp3) is 0.0870. The molecule has 1 N–H and O–H groups in total. The molecule has 0 radical (unpaired) electrons. The molecule has 1 heterocycles. The SMILES string of the molecule is O=C(CN(c1ccc(Br)cc1)S(=O)(=O)c1ccccc1)Nc1nnc(SCc2ccccc2)s1. The van der Waals surface area contributed by atoms with Gasteiger partial charge in [0.2, 0.25) is 11.0 Å². The van der Waals surface area contributed by atoms with Crippen LogP contribution in [0.15, 0.2) is 98.6 Å². The number of halogens is 1. The van der Waals surface area contributed by atoms with Gasteiger partial charge in [-0.3, -0.25) is 14.4 Å². The molecule has 4 rings (SSSR count). The number of benzene rings is 3. The number of nitrogens with zero attached hydrogens (tertiary/aromatic N) is 3. The zero-order chi connectivity index (χ0) is 24.0. The van der Waals surface area contributed by atoms with Gasteiger partial charge in [0.25, 0.3) is 10.0 Å². The van der Waals surface area contributed by atoms with E-state index in [1.54, 1.807) is 42.5 Å². The van der Waals surface area contributed by atoms with E-state index in [4.69, 9.17) is 0 Å². The van der Waals surface area contributed by atoms with E-state index < -0.39 is 22.5 Å². The molecule has 0 saturated carbocycles. The van der Waals surface area contributed by atoms with Crippen LogP contribution in [0.25, 0.3) is 0 Å². The molecule has 3 aromatic carbocycles. The molecule has 0 aliphatic carbocycles. The molecule has 7 nitrogen and oxygen atoms in total. The van der Waals surface area contributed by atoms with Crippen molar-refractivity contribution in [2.45, 2.75) is 15.0 Å². The summed E-state index contributed by atoms with van der Waals surface area (Å²) < 4.78 is 29.3. The number of sulfonamides is 1. The lowest BCUT2D eigenvalue weighted by Crippen LogP contribution is -2.38. The van der Waals surface area contributed by atoms with Gasteiger partial charge in [-0.1, -0.05) is 87.6 Å². The Morgan fingerprint density at radius 1 is 0.941 bits per heavy atom. The zero-order valence-electron chi connectivity index (χ0n) is 17.7. The van der Waals surface area contributed by atoms with Gasteiger partial charge < -0.3 is 0 Å². The molecule has 0 aliphatic heterocycles. The number of hydrogen-bond donors (Lipinski definition) is 1. The summed E-state index contributed by atoms with van der Waals surface area (Å²) in [4.78, 5) is 12.9. The van der Waals surface area contributed by atoms with Crippen LogP contribution >= 0.6 is 39.0 Å². The van der Waals surface area contributed by atoms with E-state index in [1.165, 1.54) is 35.2 Å². The Balaban J connectivity index is 1.48. The lowest BCUT2D eigenvalue weighted by atomic mass is 10.2. The second-order valence-corrected chi connectivity index (χ2v) is 12.0. The smallest absolute Gasteiger partial charge is 0.264 e. The van der Waals surface area contributed by atoms with Crippen molar-refractivity contribution in [3.05, 3.63) is 95.0 Å². The molecular weight excluding hydrogens is 556 g/mol. The molecule has 0 atom stereocenters. The first-order chi connectivity index (χ1) is 16.4. The number of thioether (sulfide) groups is 1. The van der Waals surface area contributed by atoms with Crippen molar-refractivity contribution in [3.8, 4) is 0 Å². The van der Waals surface area contributed by atoms with Crippen molar-refractivity contribution >= 4 is 65.8 Å². The second-order valence-electron chi connectivity index (χ2n) is 7.00. The van der Waals surface area contributed by atoms with Gasteiger partial charge in [0, 0.05) is 10.2 Å². The van der Waals surface area contributed by atoms with Crippen LogP contribution < -0.4 is 9.62 Å². The number of carbonyl (C=O) groups excluding carboxylic acids is 1. The Hall–Kier alpha value is -2.73. The van der Waals surface area contributed by atoms with Gasteiger partial charge in [0.05, 0.1) is 10.6 Å². The summed E-state index contributed by atoms with van der Waals surface area (Å²) in [7, 11) is -3.97. The van der Waals surface area contributed by atoms with Crippen LogP contribution in [0.5, 0.6) is 0 Å². The first-order valence-corrected chi connectivity index (χ1v) is 14.1. The first kappa shape index (κ1) is 24.4. The molecule has 0 aliphatic rings. The molecule has 1 amide bonds. The van der Waals surface area contributed by atoms with Crippen LogP contribution in [0.2, 0.25) is 0 Å². The monoisotopic (exact) mass is 574 g/mol. The zero-order valence-corrected chi connectivity index (χ0v) is 21.7. The van der Waals surface area contributed by atoms with Crippen LogP contribution in [-0.4, -0.2) is 31.1 Å². The van der Waals surface area contributed by atoms with Gasteiger partial charge in [0.15, 0.2) is 4.34 Å². The highest BCUT2D eigenvalue weighted by atomic mass is 79.9. The van der Waals surface area contributed by atoms with Crippen LogP contribution in [0.4, 0.5) is 10.8 Å². The third kappa shape index (κ3) is 6.23. The van der Waals surface area contributed by atoms with Crippen molar-refractivity contribution in [1.29, 1.82) is 0 Å². The summed E-state index contributed by atoms with van der Waals surface area (Å²) in [5.74, 6) is 0.217. The van der Waals surface area contributed by atoms with Crippen LogP contribution in [0.1, 0.15) is 5.56 Å². The van der Waals surface area contributed by atoms with Gasteiger partial charge in [-0.15, -0.1) is 10.2 Å². The molecule has 34 heavy (non-hydrogen) atoms. The summed E-state index contributed by atoms with van der Waals surface area (Å²) in [6.45, 7) is -0.412. The quantitative estimate of drug-likeness (QED) is 0.212. The van der Waals surface area contributed by atoms with Crippen LogP contribution in [0.3, 0.4) is 0 Å². The third-order valence-electron chi connectivity index (χ3n) is 4.59. The summed E-state index contributed by atoms with van der Waals surface area (Å²) in [5, 5.41) is 11.1. The highest BCUT2D eigenvalue weighted by molar-refractivity contribution is 9.10. The largest absolute Gasteiger partial charge is 0.299 e. The Morgan fingerprint density at radius 2 is 1.59 bits per heavy atom. The number of nitrogens with one attached hydrogen (secondary N) is 1. The van der Waals surface area contributed by atoms with Crippen molar-refractivity contribution in [2.24, 2.45) is 0 Å². The summed E-state index contributed by atoms with van der Waals surface area (Å²) >= 11 is 6.11. The van der Waals surface area contributed by atoms with E-state index in [0.29, 0.717) is 15.2 Å². The summed E-state index contributed by atoms with van der Waals surface area (Å²) in [6, 6.07) is 24.7. The summed E-state index contributed by atoms with van der Waals surface area (Å²) in [6.07, 6.45) is 0. The van der Waals surface area contributed by atoms with Gasteiger partial charge >= 0.3 is 0 Å². The van der Waals surface area contributed by atoms with Crippen molar-refractivity contribution in [3.63, 3.8) is 0 Å². The molecule has 0 saturated heterocycles. The van der Waals surface area contributed by atoms with Crippen molar-refractivity contribution in [2.75, 3.05) is 16.2 Å². The van der Waals surface area contributed by atoms with Crippen molar-refractivity contribution in [1.82, 2.24) is 10.2 Å². The van der Waals surface area contributed by atoms with Crippen molar-refractivity contribution < 1.29 is 13.2 Å². The number of rotatable bonds is 9. The van der Waals surface area contributed by atoms with Crippen LogP contribution in [0, 0.1) is 0 Å². The maximum atomic E-state index is 13.3. The van der Waals surface area contributed by atoms with Crippen LogP contribution in [-0.2, 0) is 20.6 Å². The lowest BCUT2D eigenvalue weighted by Gasteiger charge is -2.24. The minimum Gasteiger partial charge on any atom is -0.299 e. The highest BCUT2D eigenvalue weighted by Gasteiger charge is 2.27. The Morgan fingerprint density at radius 3 is 2.26 bits per heavy atom. The number of carbonyl (C=O) groups is 1. The minimum atomic E-state index is -3.97. The predicted molar refractivity (Wildman–Crippen MR) is 140 cm³/mol. The van der Waals surface area contributed by atoms with E-state index in [-0.39, 0.29) is 4.90 Å². The van der Waals surface area contributed by atoms with Gasteiger partial charge in [-0.2, -0.15) is 0 Å². The van der Waals surface area contributed by atoms with Gasteiger partial charge in [-0.25, -0.2) is 8.42 Å². The van der Waals surface area contributed by atoms with E-state index in [0.717, 1.165) is 20.1 Å². The van der Waals surface area contributed by atoms with E-state index in [2.05, 4.69) is 31.4 Å². The second kappa shape index (κ2) is 11.1. The molecule has 11 heteroatoms. The molecule has 0 spiro atoms. The van der Waals surface area contributed by atoms with Gasteiger partial charge in [0.1, 0.15) is 6.54 Å². The average molecular weight is 576 g/mol. The number of amides is 1. The molecule has 0 bridgehead atoms. The molecule has 174 valence electrons. The molecule has 0 unspecified atom stereocenters. The molecule has 4 aromatic rings. The van der Waals surface area contributed by atoms with E-state index >= 15 is 0 Å². The number of anilines is 2. The summed E-state index contributed by atoms with van der Waals surface area (Å²) in [5.41, 5.74) is 1.53. The average Bonchev–Trinajstić information content (AvgIpc) is 3.30. The highest BCUT2D eigenvalue weighted by Crippen LogP contribution is 2.29. The number of aromatic nitrogens is 2. The van der Waals surface area contributed by atoms with Gasteiger partial charge in [-0.05, 0) is 42.0 Å². The maximum absolute atomic E-state index is 13.3. The topological polar surface area (TPSA) is 92.3 Å². The minimum absolute atomic E-state index is 0.0984. The van der Waals surface area contributed by atoms with E-state index in [9.17, 15) is 13.2 Å². The Bertz CT molecular complexity index is 1350. The first-order valence-electron chi connectivity index (χ1n) is 10.1. The number of hydrogen-bond acceptors (Lipinski definition) is 7. The molecule has 1 aromatic heterocycles. The molecule has 0 fully saturated rings. The standard InChI is InChI=1S/C23H19BrN4O3S3/c24-18-11-13-19(14-12-18)28(34(30,31)20-9-5-2-6-10-20)15-21(29)25-22-26-27-23(33-22)32-16-17-7-3-1-4-8-17/h1-14H,15-16H2,(H,25,26,29). The third-order valence-corrected chi connectivity index (χ3v) is 8.95. The lowest BCUT2D eigenvalue weighted by molar-refractivity contribution is -0.114. The normalized spacial score (nSPS) is 11.2. The molecular formula is C23H19BrN4O3S3. The Labute approximate surface area is 214 Å². The fourth-order valence-corrected chi connectivity index (χ4v) is 6.40. The van der Waals surface area contributed by atoms with E-state index in [1.807, 2.05) is 30.3 Å². The fourth-order valence-electron chi connectivity index (χ4n) is 2.97. The maximum Gasteiger partial charge on any atom is 0.264 e. The Kier molecular flexibility index (Phi) is 7.99.